The fraction of sp³-hybridized carbons (Fsp3) is 0.526. The lowest BCUT2D eigenvalue weighted by Crippen LogP contribution is -2.44. The molecule has 6 heteroatoms. The van der Waals surface area contributed by atoms with Crippen LogP contribution in [0.4, 0.5) is 0 Å². The fourth-order valence-corrected chi connectivity index (χ4v) is 3.99. The Morgan fingerprint density at radius 1 is 1.12 bits per heavy atom. The highest BCUT2D eigenvalue weighted by atomic mass is 16.2. The van der Waals surface area contributed by atoms with Crippen LogP contribution < -0.4 is 16.2 Å². The number of hydrogen-bond acceptors (Lipinski definition) is 5. The van der Waals surface area contributed by atoms with Crippen molar-refractivity contribution in [3.8, 4) is 0 Å². The van der Waals surface area contributed by atoms with Crippen LogP contribution >= 0.6 is 0 Å². The molecule has 0 bridgehead atoms. The number of benzene rings is 1. The number of nitrogens with zero attached hydrogens (tertiary/aromatic N) is 2. The molecule has 2 aliphatic rings. The van der Waals surface area contributed by atoms with Crippen molar-refractivity contribution in [1.82, 2.24) is 26.1 Å². The Morgan fingerprint density at radius 3 is 2.76 bits per heavy atom. The van der Waals surface area contributed by atoms with Crippen LogP contribution in [0.2, 0.25) is 0 Å². The predicted octanol–water partition coefficient (Wildman–Crippen LogP) is 2.52. The van der Waals surface area contributed by atoms with Crippen molar-refractivity contribution in [3.05, 3.63) is 36.2 Å². The van der Waals surface area contributed by atoms with Crippen molar-refractivity contribution in [2.24, 2.45) is 5.92 Å². The molecule has 2 fully saturated rings. The highest BCUT2D eigenvalue weighted by Crippen LogP contribution is 2.28. The molecule has 1 aliphatic carbocycles. The van der Waals surface area contributed by atoms with Crippen LogP contribution in [0.15, 0.2) is 30.5 Å². The lowest BCUT2D eigenvalue weighted by molar-refractivity contribution is 0.0927. The van der Waals surface area contributed by atoms with Crippen LogP contribution in [0.3, 0.4) is 0 Å². The molecular formula is C19H25N5O. The summed E-state index contributed by atoms with van der Waals surface area (Å²) in [4.78, 5) is 21.2. The van der Waals surface area contributed by atoms with Gasteiger partial charge in [-0.1, -0.05) is 44.2 Å². The minimum absolute atomic E-state index is 0.0608. The summed E-state index contributed by atoms with van der Waals surface area (Å²) in [6.45, 7) is 0. The van der Waals surface area contributed by atoms with Crippen LogP contribution in [-0.4, -0.2) is 28.1 Å². The van der Waals surface area contributed by atoms with E-state index in [0.29, 0.717) is 11.7 Å². The van der Waals surface area contributed by atoms with Crippen LogP contribution in [-0.2, 0) is 0 Å². The first-order valence-electron chi connectivity index (χ1n) is 9.31. The van der Waals surface area contributed by atoms with Crippen LogP contribution in [0.25, 0.3) is 11.0 Å². The van der Waals surface area contributed by atoms with Crippen LogP contribution in [0.1, 0.15) is 55.4 Å². The molecular weight excluding hydrogens is 314 g/mol. The van der Waals surface area contributed by atoms with Gasteiger partial charge in [-0.2, -0.15) is 0 Å². The Balaban J connectivity index is 1.33. The van der Waals surface area contributed by atoms with Crippen molar-refractivity contribution >= 4 is 16.9 Å². The van der Waals surface area contributed by atoms with E-state index in [1.165, 1.54) is 38.5 Å². The fourth-order valence-electron chi connectivity index (χ4n) is 3.99. The van der Waals surface area contributed by atoms with E-state index in [1.807, 2.05) is 24.3 Å². The Bertz CT molecular complexity index is 743. The average molecular weight is 339 g/mol. The molecule has 4 rings (SSSR count). The third-order valence-electron chi connectivity index (χ3n) is 5.31. The molecule has 1 saturated carbocycles. The zero-order chi connectivity index (χ0) is 17.1. The molecule has 1 saturated heterocycles. The number of carbonyl (C=O) groups is 1. The first-order valence-corrected chi connectivity index (χ1v) is 9.31. The highest BCUT2D eigenvalue weighted by molar-refractivity contribution is 5.93. The van der Waals surface area contributed by atoms with Crippen molar-refractivity contribution in [2.75, 3.05) is 0 Å². The van der Waals surface area contributed by atoms with Gasteiger partial charge in [-0.15, -0.1) is 0 Å². The summed E-state index contributed by atoms with van der Waals surface area (Å²) in [7, 11) is 0. The first-order chi connectivity index (χ1) is 12.3. The molecule has 1 aromatic carbocycles. The number of fused-ring (bicyclic) bond motifs is 1. The Hall–Kier alpha value is -2.05. The normalized spacial score (nSPS) is 24.5. The SMILES string of the molecule is O=C(NC1CC(CC2CCCCC2)NN1)c1cnc2ccccc2n1. The zero-order valence-corrected chi connectivity index (χ0v) is 14.4. The van der Waals surface area contributed by atoms with Gasteiger partial charge in [0, 0.05) is 6.04 Å². The number of aromatic nitrogens is 2. The van der Waals surface area contributed by atoms with E-state index in [1.54, 1.807) is 6.20 Å². The van der Waals surface area contributed by atoms with Crippen molar-refractivity contribution in [3.63, 3.8) is 0 Å². The minimum atomic E-state index is -0.184. The molecule has 1 amide bonds. The van der Waals surface area contributed by atoms with E-state index in [0.717, 1.165) is 23.4 Å². The summed E-state index contributed by atoms with van der Waals surface area (Å²) in [5.74, 6) is 0.643. The third kappa shape index (κ3) is 3.96. The molecule has 25 heavy (non-hydrogen) atoms. The van der Waals surface area contributed by atoms with Gasteiger partial charge >= 0.3 is 0 Å². The van der Waals surface area contributed by atoms with Crippen LogP contribution in [0.5, 0.6) is 0 Å². The summed E-state index contributed by atoms with van der Waals surface area (Å²) in [5, 5.41) is 3.01. The van der Waals surface area contributed by atoms with E-state index < -0.39 is 0 Å². The average Bonchev–Trinajstić information content (AvgIpc) is 3.09. The quantitative estimate of drug-likeness (QED) is 0.798. The van der Waals surface area contributed by atoms with E-state index in [9.17, 15) is 4.79 Å². The number of para-hydroxylation sites is 2. The molecule has 2 heterocycles. The molecule has 3 N–H and O–H groups in total. The molecule has 0 spiro atoms. The van der Waals surface area contributed by atoms with E-state index in [2.05, 4.69) is 26.1 Å². The Kier molecular flexibility index (Phi) is 4.90. The zero-order valence-electron chi connectivity index (χ0n) is 14.4. The largest absolute Gasteiger partial charge is 0.334 e. The number of rotatable bonds is 4. The monoisotopic (exact) mass is 339 g/mol. The molecule has 2 unspecified atom stereocenters. The second kappa shape index (κ2) is 7.45. The molecule has 2 atom stereocenters. The van der Waals surface area contributed by atoms with Gasteiger partial charge < -0.3 is 5.32 Å². The van der Waals surface area contributed by atoms with Gasteiger partial charge in [0.05, 0.1) is 23.4 Å². The van der Waals surface area contributed by atoms with E-state index in [4.69, 9.17) is 0 Å². The predicted molar refractivity (Wildman–Crippen MR) is 96.7 cm³/mol. The smallest absolute Gasteiger partial charge is 0.272 e. The van der Waals surface area contributed by atoms with Gasteiger partial charge in [-0.05, 0) is 30.9 Å². The summed E-state index contributed by atoms with van der Waals surface area (Å²) in [5.41, 5.74) is 8.44. The molecule has 1 aliphatic heterocycles. The second-order valence-electron chi connectivity index (χ2n) is 7.23. The Labute approximate surface area is 147 Å². The number of hydrogen-bond donors (Lipinski definition) is 3. The number of amides is 1. The molecule has 1 aromatic heterocycles. The summed E-state index contributed by atoms with van der Waals surface area (Å²) >= 11 is 0. The minimum Gasteiger partial charge on any atom is -0.334 e. The summed E-state index contributed by atoms with van der Waals surface area (Å²) < 4.78 is 0. The summed E-state index contributed by atoms with van der Waals surface area (Å²) in [6, 6.07) is 8.00. The lowest BCUT2D eigenvalue weighted by atomic mass is 9.84. The van der Waals surface area contributed by atoms with Gasteiger partial charge in [-0.3, -0.25) is 15.2 Å². The molecule has 6 nitrogen and oxygen atoms in total. The third-order valence-corrected chi connectivity index (χ3v) is 5.31. The number of hydrazine groups is 1. The standard InChI is InChI=1S/C19H25N5O/c25-19(17-12-20-15-8-4-5-9-16(15)21-17)22-18-11-14(23-24-18)10-13-6-2-1-3-7-13/h4-5,8-9,12-14,18,23-24H,1-3,6-7,10-11H2,(H,22,25). The van der Waals surface area contributed by atoms with Gasteiger partial charge in [0.1, 0.15) is 5.69 Å². The molecule has 2 aromatic rings. The van der Waals surface area contributed by atoms with Gasteiger partial charge in [0.25, 0.3) is 5.91 Å². The Morgan fingerprint density at radius 2 is 1.92 bits per heavy atom. The molecule has 132 valence electrons. The van der Waals surface area contributed by atoms with Crippen molar-refractivity contribution < 1.29 is 4.79 Å². The van der Waals surface area contributed by atoms with E-state index in [-0.39, 0.29) is 12.1 Å². The number of nitrogens with one attached hydrogen (secondary N) is 3. The topological polar surface area (TPSA) is 78.9 Å². The highest BCUT2D eigenvalue weighted by Gasteiger charge is 2.28. The first kappa shape index (κ1) is 16.4. The van der Waals surface area contributed by atoms with Gasteiger partial charge in [-0.25, -0.2) is 10.4 Å². The second-order valence-corrected chi connectivity index (χ2v) is 7.23. The maximum absolute atomic E-state index is 12.5. The summed E-state index contributed by atoms with van der Waals surface area (Å²) in [6.07, 6.45) is 10.4. The maximum atomic E-state index is 12.5. The van der Waals surface area contributed by atoms with Gasteiger partial charge in [0.15, 0.2) is 0 Å². The van der Waals surface area contributed by atoms with Gasteiger partial charge in [0.2, 0.25) is 0 Å². The lowest BCUT2D eigenvalue weighted by Gasteiger charge is -2.24. The van der Waals surface area contributed by atoms with Crippen molar-refractivity contribution in [2.45, 2.75) is 57.2 Å². The van der Waals surface area contributed by atoms with Crippen LogP contribution in [0, 0.1) is 5.92 Å². The van der Waals surface area contributed by atoms with E-state index >= 15 is 0 Å². The molecule has 0 radical (unpaired) electrons. The maximum Gasteiger partial charge on any atom is 0.272 e. The van der Waals surface area contributed by atoms with Crippen molar-refractivity contribution in [1.29, 1.82) is 0 Å². The number of carbonyl (C=O) groups excluding carboxylic acids is 1.